The fourth-order valence-corrected chi connectivity index (χ4v) is 3.33. The molecular weight excluding hydrogens is 252 g/mol. The maximum atomic E-state index is 12.2. The van der Waals surface area contributed by atoms with Gasteiger partial charge in [0.2, 0.25) is 10.0 Å². The van der Waals surface area contributed by atoms with Crippen LogP contribution in [0.2, 0.25) is 0 Å². The Bertz CT molecular complexity index is 520. The summed E-state index contributed by atoms with van der Waals surface area (Å²) >= 11 is 0. The minimum Gasteiger partial charge on any atom is -0.308 e. The van der Waals surface area contributed by atoms with Gasteiger partial charge in [-0.1, -0.05) is 0 Å². The van der Waals surface area contributed by atoms with E-state index < -0.39 is 15.6 Å². The largest absolute Gasteiger partial charge is 0.308 e. The third-order valence-electron chi connectivity index (χ3n) is 3.19. The first kappa shape index (κ1) is 13.3. The average Bonchev–Trinajstić information content (AvgIpc) is 3.12. The quantitative estimate of drug-likeness (QED) is 0.544. The van der Waals surface area contributed by atoms with Crippen molar-refractivity contribution in [3.8, 4) is 0 Å². The Morgan fingerprint density at radius 2 is 2.06 bits per heavy atom. The lowest BCUT2D eigenvalue weighted by atomic mass is 10.0. The lowest BCUT2D eigenvalue weighted by Gasteiger charge is -2.25. The lowest BCUT2D eigenvalue weighted by molar-refractivity contribution is 0.400. The van der Waals surface area contributed by atoms with E-state index in [0.717, 1.165) is 12.8 Å². The average molecular weight is 270 g/mol. The Kier molecular flexibility index (Phi) is 3.31. The van der Waals surface area contributed by atoms with E-state index in [0.29, 0.717) is 11.7 Å². The van der Waals surface area contributed by atoms with Gasteiger partial charge in [-0.05, 0) is 44.7 Å². The molecule has 0 spiro atoms. The summed E-state index contributed by atoms with van der Waals surface area (Å²) in [7, 11) is -3.53. The zero-order chi connectivity index (χ0) is 13.4. The van der Waals surface area contributed by atoms with Crippen molar-refractivity contribution in [1.29, 1.82) is 0 Å². The molecule has 1 aliphatic carbocycles. The first-order chi connectivity index (χ1) is 8.35. The molecule has 1 heterocycles. The van der Waals surface area contributed by atoms with Gasteiger partial charge >= 0.3 is 0 Å². The summed E-state index contributed by atoms with van der Waals surface area (Å²) in [5.41, 5.74) is 1.94. The van der Waals surface area contributed by atoms with Crippen LogP contribution in [-0.4, -0.2) is 18.9 Å². The third kappa shape index (κ3) is 2.80. The fourth-order valence-electron chi connectivity index (χ4n) is 1.92. The number of aromatic nitrogens is 1. The van der Waals surface area contributed by atoms with Gasteiger partial charge in [-0.3, -0.25) is 0 Å². The summed E-state index contributed by atoms with van der Waals surface area (Å²) in [4.78, 5) is 4.05. The van der Waals surface area contributed by atoms with Crippen LogP contribution < -0.4 is 16.0 Å². The van der Waals surface area contributed by atoms with E-state index in [2.05, 4.69) is 15.1 Å². The van der Waals surface area contributed by atoms with E-state index in [4.69, 9.17) is 5.84 Å². The molecule has 0 unspecified atom stereocenters. The van der Waals surface area contributed by atoms with Crippen LogP contribution >= 0.6 is 0 Å². The second-order valence-corrected chi connectivity index (χ2v) is 6.81. The van der Waals surface area contributed by atoms with Crippen molar-refractivity contribution in [2.45, 2.75) is 37.1 Å². The van der Waals surface area contributed by atoms with Crippen LogP contribution in [0.25, 0.3) is 0 Å². The van der Waals surface area contributed by atoms with Gasteiger partial charge in [0, 0.05) is 11.7 Å². The van der Waals surface area contributed by atoms with Crippen molar-refractivity contribution >= 4 is 15.8 Å². The molecule has 2 rings (SSSR count). The van der Waals surface area contributed by atoms with Crippen molar-refractivity contribution in [3.05, 3.63) is 18.3 Å². The van der Waals surface area contributed by atoms with Crippen LogP contribution in [0.1, 0.15) is 26.7 Å². The maximum Gasteiger partial charge on any atom is 0.242 e. The SMILES string of the molecule is CC(C)(NS(=O)(=O)c1ccc(NN)nc1)C1CC1. The number of hydrogen-bond donors (Lipinski definition) is 3. The summed E-state index contributed by atoms with van der Waals surface area (Å²) in [6, 6.07) is 3.01. The molecule has 0 atom stereocenters. The molecule has 100 valence electrons. The zero-order valence-corrected chi connectivity index (χ0v) is 11.3. The highest BCUT2D eigenvalue weighted by molar-refractivity contribution is 7.89. The highest BCUT2D eigenvalue weighted by Gasteiger charge is 2.40. The topological polar surface area (TPSA) is 97.1 Å². The molecule has 1 aromatic rings. The molecule has 1 saturated carbocycles. The second-order valence-electron chi connectivity index (χ2n) is 5.12. The Morgan fingerprint density at radius 1 is 1.39 bits per heavy atom. The molecule has 1 aromatic heterocycles. The van der Waals surface area contributed by atoms with E-state index in [1.165, 1.54) is 18.3 Å². The molecule has 0 radical (unpaired) electrons. The normalized spacial score (nSPS) is 16.6. The molecule has 1 fully saturated rings. The predicted octanol–water partition coefficient (Wildman–Crippen LogP) is 0.834. The van der Waals surface area contributed by atoms with Crippen molar-refractivity contribution in [3.63, 3.8) is 0 Å². The molecular formula is C11H18N4O2S. The van der Waals surface area contributed by atoms with Crippen LogP contribution in [0.3, 0.4) is 0 Å². The molecule has 0 bridgehead atoms. The van der Waals surface area contributed by atoms with Crippen molar-refractivity contribution in [2.24, 2.45) is 11.8 Å². The molecule has 0 aromatic carbocycles. The van der Waals surface area contributed by atoms with E-state index in [1.807, 2.05) is 13.8 Å². The first-order valence-electron chi connectivity index (χ1n) is 5.82. The molecule has 6 nitrogen and oxygen atoms in total. The van der Waals surface area contributed by atoms with Crippen LogP contribution in [0, 0.1) is 5.92 Å². The molecule has 18 heavy (non-hydrogen) atoms. The van der Waals surface area contributed by atoms with Crippen LogP contribution in [0.5, 0.6) is 0 Å². The van der Waals surface area contributed by atoms with E-state index in [1.54, 1.807) is 0 Å². The van der Waals surface area contributed by atoms with Gasteiger partial charge in [0.15, 0.2) is 0 Å². The van der Waals surface area contributed by atoms with Gasteiger partial charge in [-0.2, -0.15) is 0 Å². The summed E-state index contributed by atoms with van der Waals surface area (Å²) < 4.78 is 27.1. The Balaban J connectivity index is 2.19. The summed E-state index contributed by atoms with van der Waals surface area (Å²) in [5.74, 6) is 6.03. The van der Waals surface area contributed by atoms with Gasteiger partial charge in [0.05, 0.1) is 0 Å². The first-order valence-corrected chi connectivity index (χ1v) is 7.30. The second kappa shape index (κ2) is 4.49. The Morgan fingerprint density at radius 3 is 2.50 bits per heavy atom. The minimum atomic E-state index is -3.53. The third-order valence-corrected chi connectivity index (χ3v) is 4.85. The molecule has 0 saturated heterocycles. The summed E-state index contributed by atoms with van der Waals surface area (Å²) in [6.07, 6.45) is 3.44. The smallest absolute Gasteiger partial charge is 0.242 e. The van der Waals surface area contributed by atoms with E-state index in [-0.39, 0.29) is 4.90 Å². The number of anilines is 1. The molecule has 0 aliphatic heterocycles. The number of nitrogens with two attached hydrogens (primary N) is 1. The summed E-state index contributed by atoms with van der Waals surface area (Å²) in [5, 5.41) is 0. The monoisotopic (exact) mass is 270 g/mol. The van der Waals surface area contributed by atoms with E-state index >= 15 is 0 Å². The standard InChI is InChI=1S/C11H18N4O2S/c1-11(2,8-3-4-8)15-18(16,17)9-5-6-10(14-12)13-7-9/h5-8,15H,3-4,12H2,1-2H3,(H,13,14). The molecule has 1 aliphatic rings. The van der Waals surface area contributed by atoms with E-state index in [9.17, 15) is 8.42 Å². The number of nitrogen functional groups attached to an aromatic ring is 1. The van der Waals surface area contributed by atoms with Gasteiger partial charge in [-0.25, -0.2) is 24.0 Å². The predicted molar refractivity (Wildman–Crippen MR) is 69.2 cm³/mol. The Hall–Kier alpha value is -1.18. The molecule has 4 N–H and O–H groups in total. The molecule has 7 heteroatoms. The van der Waals surface area contributed by atoms with Crippen molar-refractivity contribution in [2.75, 3.05) is 5.43 Å². The zero-order valence-electron chi connectivity index (χ0n) is 10.5. The highest BCUT2D eigenvalue weighted by atomic mass is 32.2. The van der Waals surface area contributed by atoms with Crippen LogP contribution in [0.4, 0.5) is 5.82 Å². The van der Waals surface area contributed by atoms with Gasteiger partial charge in [-0.15, -0.1) is 0 Å². The van der Waals surface area contributed by atoms with Gasteiger partial charge < -0.3 is 5.43 Å². The fraction of sp³-hybridized carbons (Fsp3) is 0.545. The van der Waals surface area contributed by atoms with Crippen molar-refractivity contribution < 1.29 is 8.42 Å². The minimum absolute atomic E-state index is 0.148. The number of nitrogens with zero attached hydrogens (tertiary/aromatic N) is 1. The number of hydrogen-bond acceptors (Lipinski definition) is 5. The highest BCUT2D eigenvalue weighted by Crippen LogP contribution is 2.39. The Labute approximate surface area is 107 Å². The number of rotatable bonds is 5. The molecule has 0 amide bonds. The summed E-state index contributed by atoms with van der Waals surface area (Å²) in [6.45, 7) is 3.82. The number of hydrazine groups is 1. The van der Waals surface area contributed by atoms with Gasteiger partial charge in [0.1, 0.15) is 10.7 Å². The maximum absolute atomic E-state index is 12.2. The van der Waals surface area contributed by atoms with Crippen LogP contribution in [-0.2, 0) is 10.0 Å². The lowest BCUT2D eigenvalue weighted by Crippen LogP contribution is -2.45. The number of sulfonamides is 1. The van der Waals surface area contributed by atoms with Crippen molar-refractivity contribution in [1.82, 2.24) is 9.71 Å². The number of nitrogens with one attached hydrogen (secondary N) is 2. The van der Waals surface area contributed by atoms with Gasteiger partial charge in [0.25, 0.3) is 0 Å². The van der Waals surface area contributed by atoms with Crippen LogP contribution in [0.15, 0.2) is 23.2 Å². The number of pyridine rings is 1.